The normalized spacial score (nSPS) is 17.4. The van der Waals surface area contributed by atoms with Crippen LogP contribution in [0, 0.1) is 0 Å². The van der Waals surface area contributed by atoms with Crippen molar-refractivity contribution in [1.82, 2.24) is 10.2 Å². The van der Waals surface area contributed by atoms with Gasteiger partial charge in [-0.1, -0.05) is 30.3 Å². The van der Waals surface area contributed by atoms with Gasteiger partial charge in [0.25, 0.3) is 0 Å². The van der Waals surface area contributed by atoms with Crippen LogP contribution in [0.1, 0.15) is 18.4 Å². The zero-order valence-electron chi connectivity index (χ0n) is 11.3. The average molecular weight is 292 g/mol. The van der Waals surface area contributed by atoms with E-state index in [-0.39, 0.29) is 32.0 Å². The number of carboxylic acid groups (broad SMARTS) is 1. The second kappa shape index (κ2) is 6.74. The summed E-state index contributed by atoms with van der Waals surface area (Å²) in [4.78, 5) is 35.4. The van der Waals surface area contributed by atoms with E-state index in [1.54, 1.807) is 0 Å². The van der Waals surface area contributed by atoms with E-state index >= 15 is 0 Å². The third kappa shape index (κ3) is 3.95. The van der Waals surface area contributed by atoms with Crippen molar-refractivity contribution in [3.05, 3.63) is 35.9 Å². The predicted molar refractivity (Wildman–Crippen MR) is 72.1 cm³/mol. The van der Waals surface area contributed by atoms with Gasteiger partial charge in [-0.25, -0.2) is 4.79 Å². The number of nitrogens with zero attached hydrogens (tertiary/aromatic N) is 1. The maximum absolute atomic E-state index is 12.0. The number of aliphatic carboxylic acids is 1. The highest BCUT2D eigenvalue weighted by Crippen LogP contribution is 2.14. The Kier molecular flexibility index (Phi) is 4.76. The second-order valence-electron chi connectivity index (χ2n) is 4.66. The molecule has 1 unspecified atom stereocenters. The zero-order chi connectivity index (χ0) is 15.2. The molecule has 1 fully saturated rings. The molecule has 2 amide bonds. The summed E-state index contributed by atoms with van der Waals surface area (Å²) in [5, 5.41) is 11.2. The molecule has 1 aliphatic rings. The number of amides is 2. The van der Waals surface area contributed by atoms with Gasteiger partial charge < -0.3 is 15.2 Å². The van der Waals surface area contributed by atoms with Gasteiger partial charge in [-0.05, 0) is 12.0 Å². The Labute approximate surface area is 121 Å². The molecule has 1 aromatic carbocycles. The van der Waals surface area contributed by atoms with Gasteiger partial charge >= 0.3 is 12.1 Å². The molecule has 0 aliphatic carbocycles. The molecule has 0 bridgehead atoms. The van der Waals surface area contributed by atoms with Crippen LogP contribution in [0.4, 0.5) is 4.79 Å². The molecule has 21 heavy (non-hydrogen) atoms. The molecule has 7 heteroatoms. The molecule has 0 saturated carbocycles. The van der Waals surface area contributed by atoms with Crippen molar-refractivity contribution >= 4 is 18.0 Å². The van der Waals surface area contributed by atoms with Crippen LogP contribution in [0.3, 0.4) is 0 Å². The fourth-order valence-corrected chi connectivity index (χ4v) is 2.07. The Morgan fingerprint density at radius 3 is 2.71 bits per heavy atom. The monoisotopic (exact) mass is 292 g/mol. The fourth-order valence-electron chi connectivity index (χ4n) is 2.07. The Morgan fingerprint density at radius 2 is 2.05 bits per heavy atom. The Bertz CT molecular complexity index is 531. The largest absolute Gasteiger partial charge is 0.481 e. The minimum atomic E-state index is -1.01. The first-order valence-electron chi connectivity index (χ1n) is 6.55. The molecule has 1 heterocycles. The van der Waals surface area contributed by atoms with Gasteiger partial charge in [0.15, 0.2) is 0 Å². The van der Waals surface area contributed by atoms with E-state index in [0.29, 0.717) is 0 Å². The molecule has 1 atom stereocenters. The molecule has 0 spiro atoms. The van der Waals surface area contributed by atoms with Gasteiger partial charge in [0.1, 0.15) is 12.6 Å². The van der Waals surface area contributed by atoms with E-state index in [0.717, 1.165) is 5.56 Å². The molecule has 1 aliphatic heterocycles. The van der Waals surface area contributed by atoms with Crippen molar-refractivity contribution in [1.29, 1.82) is 0 Å². The Balaban J connectivity index is 1.91. The number of hydrogen-bond donors (Lipinski definition) is 2. The molecule has 1 aromatic rings. The van der Waals surface area contributed by atoms with Gasteiger partial charge in [-0.2, -0.15) is 0 Å². The molecular formula is C14H16N2O5. The number of carbonyl (C=O) groups is 3. The summed E-state index contributed by atoms with van der Waals surface area (Å²) < 4.78 is 5.14. The lowest BCUT2D eigenvalue weighted by Gasteiger charge is -2.20. The van der Waals surface area contributed by atoms with Crippen LogP contribution in [0.15, 0.2) is 30.3 Å². The van der Waals surface area contributed by atoms with Crippen molar-refractivity contribution in [2.45, 2.75) is 25.5 Å². The lowest BCUT2D eigenvalue weighted by molar-refractivity contribution is -0.137. The summed E-state index contributed by atoms with van der Waals surface area (Å²) >= 11 is 0. The highest BCUT2D eigenvalue weighted by molar-refractivity contribution is 5.88. The molecule has 1 saturated heterocycles. The van der Waals surface area contributed by atoms with Crippen LogP contribution >= 0.6 is 0 Å². The van der Waals surface area contributed by atoms with E-state index in [9.17, 15) is 14.4 Å². The van der Waals surface area contributed by atoms with Gasteiger partial charge in [0, 0.05) is 6.42 Å². The van der Waals surface area contributed by atoms with Gasteiger partial charge in [0.2, 0.25) is 5.91 Å². The molecule has 7 nitrogen and oxygen atoms in total. The lowest BCUT2D eigenvalue weighted by Crippen LogP contribution is -2.38. The van der Waals surface area contributed by atoms with Gasteiger partial charge in [0.05, 0.1) is 6.67 Å². The third-order valence-corrected chi connectivity index (χ3v) is 3.17. The molecule has 0 radical (unpaired) electrons. The summed E-state index contributed by atoms with van der Waals surface area (Å²) in [6.45, 7) is 0.146. The first-order valence-corrected chi connectivity index (χ1v) is 6.55. The van der Waals surface area contributed by atoms with E-state index in [2.05, 4.69) is 5.32 Å². The Hall–Kier alpha value is -2.57. The zero-order valence-corrected chi connectivity index (χ0v) is 11.3. The van der Waals surface area contributed by atoms with Crippen LogP contribution < -0.4 is 5.32 Å². The summed E-state index contributed by atoms with van der Waals surface area (Å²) in [6, 6.07) is 8.38. The first-order chi connectivity index (χ1) is 10.1. The van der Waals surface area contributed by atoms with E-state index < -0.39 is 18.1 Å². The SMILES string of the molecule is O=C(O)CCC1C(=O)NCN1C(=O)OCc1ccccc1. The Morgan fingerprint density at radius 1 is 1.33 bits per heavy atom. The van der Waals surface area contributed by atoms with E-state index in [1.165, 1.54) is 4.90 Å². The molecule has 2 N–H and O–H groups in total. The number of carboxylic acids is 1. The average Bonchev–Trinajstić information content (AvgIpc) is 2.85. The minimum Gasteiger partial charge on any atom is -0.481 e. The van der Waals surface area contributed by atoms with E-state index in [4.69, 9.17) is 9.84 Å². The maximum Gasteiger partial charge on any atom is 0.412 e. The van der Waals surface area contributed by atoms with Crippen molar-refractivity contribution in [2.75, 3.05) is 6.67 Å². The van der Waals surface area contributed by atoms with Crippen LogP contribution in [-0.4, -0.2) is 40.7 Å². The molecular weight excluding hydrogens is 276 g/mol. The lowest BCUT2D eigenvalue weighted by atomic mass is 10.1. The quantitative estimate of drug-likeness (QED) is 0.842. The number of hydrogen-bond acceptors (Lipinski definition) is 4. The topological polar surface area (TPSA) is 95.9 Å². The minimum absolute atomic E-state index is 0.0384. The van der Waals surface area contributed by atoms with Crippen molar-refractivity contribution in [2.24, 2.45) is 0 Å². The number of nitrogens with one attached hydrogen (secondary N) is 1. The second-order valence-corrected chi connectivity index (χ2v) is 4.66. The smallest absolute Gasteiger partial charge is 0.412 e. The van der Waals surface area contributed by atoms with E-state index in [1.807, 2.05) is 30.3 Å². The highest BCUT2D eigenvalue weighted by Gasteiger charge is 2.36. The summed E-state index contributed by atoms with van der Waals surface area (Å²) in [6.07, 6.45) is -0.741. The van der Waals surface area contributed by atoms with Crippen molar-refractivity contribution < 1.29 is 24.2 Å². The number of benzene rings is 1. The van der Waals surface area contributed by atoms with Gasteiger partial charge in [-0.3, -0.25) is 14.5 Å². The van der Waals surface area contributed by atoms with Crippen LogP contribution in [0.25, 0.3) is 0 Å². The summed E-state index contributed by atoms with van der Waals surface area (Å²) in [5.41, 5.74) is 0.839. The fraction of sp³-hybridized carbons (Fsp3) is 0.357. The van der Waals surface area contributed by atoms with Crippen molar-refractivity contribution in [3.63, 3.8) is 0 Å². The predicted octanol–water partition coefficient (Wildman–Crippen LogP) is 0.946. The number of carbonyl (C=O) groups excluding carboxylic acids is 2. The molecule has 0 aromatic heterocycles. The van der Waals surface area contributed by atoms with Crippen LogP contribution in [0.5, 0.6) is 0 Å². The van der Waals surface area contributed by atoms with Crippen LogP contribution in [0.2, 0.25) is 0 Å². The molecule has 112 valence electrons. The summed E-state index contributed by atoms with van der Waals surface area (Å²) in [7, 11) is 0. The highest BCUT2D eigenvalue weighted by atomic mass is 16.6. The van der Waals surface area contributed by atoms with Gasteiger partial charge in [-0.15, -0.1) is 0 Å². The maximum atomic E-state index is 12.0. The summed E-state index contributed by atoms with van der Waals surface area (Å²) in [5.74, 6) is -1.36. The van der Waals surface area contributed by atoms with Crippen LogP contribution in [-0.2, 0) is 20.9 Å². The first kappa shape index (κ1) is 14.8. The number of rotatable bonds is 5. The standard InChI is InChI=1S/C14H16N2O5/c17-12(18)7-6-11-13(19)15-9-16(11)14(20)21-8-10-4-2-1-3-5-10/h1-5,11H,6-9H2,(H,15,19)(H,17,18). The number of ether oxygens (including phenoxy) is 1. The third-order valence-electron chi connectivity index (χ3n) is 3.17. The van der Waals surface area contributed by atoms with Crippen molar-refractivity contribution in [3.8, 4) is 0 Å². The molecule has 2 rings (SSSR count).